The predicted octanol–water partition coefficient (Wildman–Crippen LogP) is 3.20. The number of guanidine groups is 1. The summed E-state index contributed by atoms with van der Waals surface area (Å²) in [5.41, 5.74) is 1.23. The first-order valence-corrected chi connectivity index (χ1v) is 11.7. The van der Waals surface area contributed by atoms with E-state index < -0.39 is 0 Å². The van der Waals surface area contributed by atoms with Crippen molar-refractivity contribution in [1.82, 2.24) is 15.5 Å². The Morgan fingerprint density at radius 2 is 2.03 bits per heavy atom. The van der Waals surface area contributed by atoms with E-state index in [2.05, 4.69) is 57.5 Å². The van der Waals surface area contributed by atoms with E-state index in [0.717, 1.165) is 37.3 Å². The summed E-state index contributed by atoms with van der Waals surface area (Å²) in [5.74, 6) is 3.30. The van der Waals surface area contributed by atoms with Gasteiger partial charge in [0.15, 0.2) is 5.96 Å². The van der Waals surface area contributed by atoms with E-state index in [-0.39, 0.29) is 0 Å². The topological polar surface area (TPSA) is 52.1 Å². The zero-order valence-corrected chi connectivity index (χ0v) is 19.4. The Kier molecular flexibility index (Phi) is 8.67. The van der Waals surface area contributed by atoms with Crippen molar-refractivity contribution in [3.05, 3.63) is 24.3 Å². The average molecular weight is 416 g/mol. The van der Waals surface area contributed by atoms with E-state index >= 15 is 0 Å². The van der Waals surface area contributed by atoms with Crippen molar-refractivity contribution in [2.24, 2.45) is 16.8 Å². The van der Waals surface area contributed by atoms with Gasteiger partial charge in [0.2, 0.25) is 0 Å². The van der Waals surface area contributed by atoms with Gasteiger partial charge >= 0.3 is 0 Å². The molecule has 1 aromatic rings. The van der Waals surface area contributed by atoms with Gasteiger partial charge in [0.05, 0.1) is 7.11 Å². The zero-order chi connectivity index (χ0) is 21.3. The third kappa shape index (κ3) is 6.79. The number of ether oxygens (including phenoxy) is 1. The maximum atomic E-state index is 5.40. The highest BCUT2D eigenvalue weighted by molar-refractivity contribution is 5.80. The average Bonchev–Trinajstić information content (AvgIpc) is 2.76. The minimum Gasteiger partial charge on any atom is -0.497 e. The van der Waals surface area contributed by atoms with E-state index in [4.69, 9.17) is 4.74 Å². The number of methoxy groups -OCH3 is 1. The Morgan fingerprint density at radius 1 is 1.20 bits per heavy atom. The molecule has 0 amide bonds. The number of nitrogens with one attached hydrogen (secondary N) is 2. The van der Waals surface area contributed by atoms with Crippen LogP contribution in [0.1, 0.15) is 39.5 Å². The molecular formula is C24H41N5O. The molecule has 0 bridgehead atoms. The summed E-state index contributed by atoms with van der Waals surface area (Å²) in [6.45, 7) is 11.4. The lowest BCUT2D eigenvalue weighted by Gasteiger charge is -2.36. The van der Waals surface area contributed by atoms with Crippen molar-refractivity contribution in [2.75, 3.05) is 58.3 Å². The van der Waals surface area contributed by atoms with Gasteiger partial charge in [-0.3, -0.25) is 4.99 Å². The van der Waals surface area contributed by atoms with Crippen LogP contribution in [0.25, 0.3) is 0 Å². The van der Waals surface area contributed by atoms with Crippen LogP contribution < -0.4 is 20.3 Å². The monoisotopic (exact) mass is 415 g/mol. The van der Waals surface area contributed by atoms with Crippen molar-refractivity contribution in [1.29, 1.82) is 0 Å². The molecule has 3 rings (SSSR count). The molecule has 2 saturated heterocycles. The lowest BCUT2D eigenvalue weighted by molar-refractivity contribution is 0.159. The minimum atomic E-state index is 0.403. The first-order chi connectivity index (χ1) is 14.6. The fraction of sp³-hybridized carbons (Fsp3) is 0.708. The number of anilines is 1. The summed E-state index contributed by atoms with van der Waals surface area (Å²) in [7, 11) is 3.60. The van der Waals surface area contributed by atoms with Gasteiger partial charge in [0.1, 0.15) is 5.75 Å². The molecule has 2 N–H and O–H groups in total. The van der Waals surface area contributed by atoms with Crippen molar-refractivity contribution in [2.45, 2.75) is 45.6 Å². The third-order valence-electron chi connectivity index (χ3n) is 6.19. The van der Waals surface area contributed by atoms with Crippen LogP contribution in [-0.4, -0.2) is 70.3 Å². The van der Waals surface area contributed by atoms with E-state index in [9.17, 15) is 0 Å². The Hall–Kier alpha value is -1.95. The van der Waals surface area contributed by atoms with Crippen LogP contribution in [0.5, 0.6) is 5.75 Å². The summed E-state index contributed by atoms with van der Waals surface area (Å²) in [6.07, 6.45) is 4.97. The fourth-order valence-electron chi connectivity index (χ4n) is 4.77. The molecule has 2 fully saturated rings. The van der Waals surface area contributed by atoms with Gasteiger partial charge in [-0.15, -0.1) is 0 Å². The Bertz CT molecular complexity index is 677. The molecular weight excluding hydrogens is 374 g/mol. The second-order valence-corrected chi connectivity index (χ2v) is 9.25. The second-order valence-electron chi connectivity index (χ2n) is 9.25. The number of benzene rings is 1. The van der Waals surface area contributed by atoms with Crippen LogP contribution in [0.15, 0.2) is 29.3 Å². The van der Waals surface area contributed by atoms with Crippen LogP contribution in [0.3, 0.4) is 0 Å². The molecule has 168 valence electrons. The Labute approximate surface area is 183 Å². The van der Waals surface area contributed by atoms with Crippen molar-refractivity contribution < 1.29 is 4.74 Å². The highest BCUT2D eigenvalue weighted by atomic mass is 16.5. The number of aliphatic imine (C=N–C) groups is 1. The number of hydrogen-bond acceptors (Lipinski definition) is 4. The standard InChI is InChI=1S/C24H41N5O/c1-19(2)16-28-12-6-8-20(17-28)15-26-24(25-3)27-21-9-7-13-29(18-21)22-10-5-11-23(14-22)30-4/h5,10-11,14,19-21H,6-9,12-13,15-18H2,1-4H3,(H2,25,26,27). The summed E-state index contributed by atoms with van der Waals surface area (Å²) < 4.78 is 5.40. The molecule has 1 aromatic carbocycles. The smallest absolute Gasteiger partial charge is 0.191 e. The summed E-state index contributed by atoms with van der Waals surface area (Å²) in [6, 6.07) is 8.77. The molecule has 6 nitrogen and oxygen atoms in total. The van der Waals surface area contributed by atoms with E-state index in [1.807, 2.05) is 13.1 Å². The molecule has 2 heterocycles. The summed E-state index contributed by atoms with van der Waals surface area (Å²) >= 11 is 0. The maximum Gasteiger partial charge on any atom is 0.191 e. The normalized spacial score (nSPS) is 23.5. The van der Waals surface area contributed by atoms with Crippen molar-refractivity contribution >= 4 is 11.6 Å². The summed E-state index contributed by atoms with van der Waals surface area (Å²) in [5, 5.41) is 7.28. The van der Waals surface area contributed by atoms with E-state index in [1.54, 1.807) is 7.11 Å². The van der Waals surface area contributed by atoms with E-state index in [0.29, 0.717) is 12.0 Å². The molecule has 2 aliphatic rings. The molecule has 0 aromatic heterocycles. The van der Waals surface area contributed by atoms with Crippen molar-refractivity contribution in [3.8, 4) is 5.75 Å². The molecule has 30 heavy (non-hydrogen) atoms. The van der Waals surface area contributed by atoms with Crippen LogP contribution in [-0.2, 0) is 0 Å². The molecule has 2 atom stereocenters. The third-order valence-corrected chi connectivity index (χ3v) is 6.19. The van der Waals surface area contributed by atoms with Gasteiger partial charge in [0, 0.05) is 57.6 Å². The second kappa shape index (κ2) is 11.4. The number of nitrogens with zero attached hydrogens (tertiary/aromatic N) is 3. The number of hydrogen-bond donors (Lipinski definition) is 2. The lowest BCUT2D eigenvalue weighted by atomic mass is 9.97. The quantitative estimate of drug-likeness (QED) is 0.529. The Balaban J connectivity index is 1.48. The van der Waals surface area contributed by atoms with Gasteiger partial charge in [-0.1, -0.05) is 19.9 Å². The largest absolute Gasteiger partial charge is 0.497 e. The summed E-state index contributed by atoms with van der Waals surface area (Å²) in [4.78, 5) is 9.58. The van der Waals surface area contributed by atoms with Gasteiger partial charge in [-0.05, 0) is 56.2 Å². The SMILES string of the molecule is CN=C(NCC1CCCN(CC(C)C)C1)NC1CCCN(c2cccc(OC)c2)C1. The number of piperidine rings is 2. The number of rotatable bonds is 7. The first-order valence-electron chi connectivity index (χ1n) is 11.7. The van der Waals surface area contributed by atoms with Crippen LogP contribution in [0.4, 0.5) is 5.69 Å². The van der Waals surface area contributed by atoms with Gasteiger partial charge in [0.25, 0.3) is 0 Å². The number of likely N-dealkylation sites (tertiary alicyclic amines) is 1. The maximum absolute atomic E-state index is 5.40. The zero-order valence-electron chi connectivity index (χ0n) is 19.4. The van der Waals surface area contributed by atoms with Gasteiger partial charge < -0.3 is 25.2 Å². The Morgan fingerprint density at radius 3 is 2.80 bits per heavy atom. The van der Waals surface area contributed by atoms with Crippen LogP contribution >= 0.6 is 0 Å². The minimum absolute atomic E-state index is 0.403. The van der Waals surface area contributed by atoms with E-state index in [1.165, 1.54) is 51.0 Å². The fourth-order valence-corrected chi connectivity index (χ4v) is 4.77. The highest BCUT2D eigenvalue weighted by Crippen LogP contribution is 2.24. The molecule has 0 aliphatic carbocycles. The molecule has 0 radical (unpaired) electrons. The van der Waals surface area contributed by atoms with Crippen molar-refractivity contribution in [3.63, 3.8) is 0 Å². The highest BCUT2D eigenvalue weighted by Gasteiger charge is 2.23. The predicted molar refractivity (Wildman–Crippen MR) is 127 cm³/mol. The molecule has 6 heteroatoms. The molecule has 2 unspecified atom stereocenters. The van der Waals surface area contributed by atoms with Gasteiger partial charge in [-0.25, -0.2) is 0 Å². The first kappa shape index (κ1) is 22.7. The molecule has 0 spiro atoms. The van der Waals surface area contributed by atoms with Crippen LogP contribution in [0, 0.1) is 11.8 Å². The van der Waals surface area contributed by atoms with Gasteiger partial charge in [-0.2, -0.15) is 0 Å². The van der Waals surface area contributed by atoms with Crippen LogP contribution in [0.2, 0.25) is 0 Å². The lowest BCUT2D eigenvalue weighted by Crippen LogP contribution is -2.52. The molecule has 2 aliphatic heterocycles. The molecule has 0 saturated carbocycles.